The molecule has 78 valence electrons. The summed E-state index contributed by atoms with van der Waals surface area (Å²) in [4.78, 5) is 0. The monoisotopic (exact) mass is 349 g/mol. The summed E-state index contributed by atoms with van der Waals surface area (Å²) in [5.41, 5.74) is 8.39. The van der Waals surface area contributed by atoms with E-state index in [1.807, 2.05) is 24.3 Å². The third kappa shape index (κ3) is 2.72. The fourth-order valence-corrected chi connectivity index (χ4v) is 2.88. The summed E-state index contributed by atoms with van der Waals surface area (Å²) in [5.74, 6) is 0. The largest absolute Gasteiger partial charge is 0.320 e. The van der Waals surface area contributed by atoms with Gasteiger partial charge in [-0.2, -0.15) is 0 Å². The summed E-state index contributed by atoms with van der Waals surface area (Å²) in [6.07, 6.45) is 0. The van der Waals surface area contributed by atoms with Crippen molar-refractivity contribution in [3.05, 3.63) is 54.7 Å². The molecule has 0 bridgehead atoms. The molecule has 0 saturated heterocycles. The number of thiophene rings is 1. The number of benzene rings is 1. The minimum Gasteiger partial charge on any atom is -0.320 e. The lowest BCUT2D eigenvalue weighted by molar-refractivity contribution is 0.876. The average Bonchev–Trinajstić information content (AvgIpc) is 2.65. The number of nitrogens with two attached hydrogens (primary N) is 1. The molecular formula is C11H9ClINS. The number of rotatable bonds is 2. The van der Waals surface area contributed by atoms with Crippen LogP contribution in [0.25, 0.3) is 0 Å². The lowest BCUT2D eigenvalue weighted by atomic mass is 10.0. The zero-order valence-electron chi connectivity index (χ0n) is 7.78. The third-order valence-corrected chi connectivity index (χ3v) is 4.24. The van der Waals surface area contributed by atoms with Gasteiger partial charge in [-0.1, -0.05) is 23.7 Å². The van der Waals surface area contributed by atoms with Gasteiger partial charge in [-0.05, 0) is 57.3 Å². The molecule has 0 aliphatic carbocycles. The molecule has 1 unspecified atom stereocenters. The Labute approximate surface area is 111 Å². The molecule has 1 aromatic heterocycles. The Morgan fingerprint density at radius 2 is 1.87 bits per heavy atom. The Hall–Kier alpha value is -0.100. The van der Waals surface area contributed by atoms with E-state index in [0.29, 0.717) is 0 Å². The van der Waals surface area contributed by atoms with Crippen molar-refractivity contribution in [2.75, 3.05) is 0 Å². The smallest absolute Gasteiger partial charge is 0.0656 e. The first-order chi connectivity index (χ1) is 7.16. The van der Waals surface area contributed by atoms with Crippen LogP contribution in [0.2, 0.25) is 5.02 Å². The summed E-state index contributed by atoms with van der Waals surface area (Å²) in [6, 6.07) is 9.74. The van der Waals surface area contributed by atoms with Crippen LogP contribution >= 0.6 is 45.5 Å². The molecule has 0 radical (unpaired) electrons. The van der Waals surface area contributed by atoms with Gasteiger partial charge >= 0.3 is 0 Å². The zero-order valence-corrected chi connectivity index (χ0v) is 11.5. The fraction of sp³-hybridized carbons (Fsp3) is 0.0909. The van der Waals surface area contributed by atoms with E-state index in [4.69, 9.17) is 17.3 Å². The molecule has 2 aromatic rings. The summed E-state index contributed by atoms with van der Waals surface area (Å²) in [6.45, 7) is 0. The van der Waals surface area contributed by atoms with Crippen LogP contribution in [-0.4, -0.2) is 0 Å². The molecule has 1 heterocycles. The van der Waals surface area contributed by atoms with E-state index < -0.39 is 0 Å². The highest BCUT2D eigenvalue weighted by atomic mass is 127. The number of hydrogen-bond donors (Lipinski definition) is 1. The van der Waals surface area contributed by atoms with Gasteiger partial charge in [-0.15, -0.1) is 11.3 Å². The van der Waals surface area contributed by atoms with Gasteiger partial charge in [0.05, 0.1) is 8.93 Å². The average molecular weight is 350 g/mol. The van der Waals surface area contributed by atoms with Crippen molar-refractivity contribution < 1.29 is 0 Å². The van der Waals surface area contributed by atoms with Crippen molar-refractivity contribution in [1.82, 2.24) is 0 Å². The van der Waals surface area contributed by atoms with E-state index in [0.717, 1.165) is 16.1 Å². The Morgan fingerprint density at radius 1 is 1.20 bits per heavy atom. The van der Waals surface area contributed by atoms with Crippen molar-refractivity contribution in [3.8, 4) is 0 Å². The molecule has 1 atom stereocenters. The fourth-order valence-electron chi connectivity index (χ4n) is 1.35. The lowest BCUT2D eigenvalue weighted by Gasteiger charge is -2.09. The SMILES string of the molecule is NC(c1ccc(Cl)cc1)c1csc(I)c1. The maximum absolute atomic E-state index is 6.14. The standard InChI is InChI=1S/C11H9ClINS/c12-9-3-1-7(2-4-9)11(14)8-5-10(13)15-6-8/h1-6,11H,14H2. The normalized spacial score (nSPS) is 12.7. The highest BCUT2D eigenvalue weighted by Gasteiger charge is 2.10. The molecule has 15 heavy (non-hydrogen) atoms. The van der Waals surface area contributed by atoms with Gasteiger partial charge in [-0.25, -0.2) is 0 Å². The van der Waals surface area contributed by atoms with Crippen LogP contribution in [0.5, 0.6) is 0 Å². The molecule has 2 N–H and O–H groups in total. The first-order valence-corrected chi connectivity index (χ1v) is 6.75. The third-order valence-electron chi connectivity index (χ3n) is 2.18. The second-order valence-corrected chi connectivity index (χ2v) is 6.46. The molecule has 0 amide bonds. The van der Waals surface area contributed by atoms with E-state index in [1.165, 1.54) is 2.88 Å². The van der Waals surface area contributed by atoms with E-state index in [2.05, 4.69) is 34.0 Å². The van der Waals surface area contributed by atoms with Crippen molar-refractivity contribution in [3.63, 3.8) is 0 Å². The van der Waals surface area contributed by atoms with Crippen molar-refractivity contribution >= 4 is 45.5 Å². The van der Waals surface area contributed by atoms with Crippen molar-refractivity contribution in [2.45, 2.75) is 6.04 Å². The molecule has 1 aromatic carbocycles. The molecular weight excluding hydrogens is 341 g/mol. The molecule has 0 aliphatic heterocycles. The van der Waals surface area contributed by atoms with Crippen LogP contribution in [0.1, 0.15) is 17.2 Å². The van der Waals surface area contributed by atoms with Crippen LogP contribution in [0.15, 0.2) is 35.7 Å². The molecule has 0 spiro atoms. The maximum Gasteiger partial charge on any atom is 0.0656 e. The van der Waals surface area contributed by atoms with E-state index >= 15 is 0 Å². The predicted octanol–water partition coefficient (Wildman–Crippen LogP) is 4.05. The van der Waals surface area contributed by atoms with Gasteiger partial charge in [-0.3, -0.25) is 0 Å². The maximum atomic E-state index is 6.14. The van der Waals surface area contributed by atoms with E-state index in [9.17, 15) is 0 Å². The molecule has 0 fully saturated rings. The molecule has 2 rings (SSSR count). The first-order valence-electron chi connectivity index (χ1n) is 4.42. The van der Waals surface area contributed by atoms with Gasteiger partial charge in [0.15, 0.2) is 0 Å². The quantitative estimate of drug-likeness (QED) is 0.813. The van der Waals surface area contributed by atoms with Crippen LogP contribution in [0.3, 0.4) is 0 Å². The van der Waals surface area contributed by atoms with E-state index in [1.54, 1.807) is 11.3 Å². The van der Waals surface area contributed by atoms with Gasteiger partial charge in [0, 0.05) is 5.02 Å². The Bertz CT molecular complexity index is 452. The zero-order chi connectivity index (χ0) is 10.8. The molecule has 0 aliphatic rings. The predicted molar refractivity (Wildman–Crippen MR) is 74.5 cm³/mol. The van der Waals surface area contributed by atoms with E-state index in [-0.39, 0.29) is 6.04 Å². The Balaban J connectivity index is 2.28. The minimum absolute atomic E-state index is 0.0537. The van der Waals surface area contributed by atoms with Gasteiger partial charge in [0.2, 0.25) is 0 Å². The number of hydrogen-bond acceptors (Lipinski definition) is 2. The molecule has 4 heteroatoms. The highest BCUT2D eigenvalue weighted by molar-refractivity contribution is 14.1. The molecule has 0 saturated carbocycles. The Morgan fingerprint density at radius 3 is 2.40 bits per heavy atom. The summed E-state index contributed by atoms with van der Waals surface area (Å²) < 4.78 is 1.26. The van der Waals surface area contributed by atoms with Gasteiger partial charge in [0.1, 0.15) is 0 Å². The summed E-state index contributed by atoms with van der Waals surface area (Å²) in [5, 5.41) is 2.84. The van der Waals surface area contributed by atoms with Crippen LogP contribution in [-0.2, 0) is 0 Å². The second kappa shape index (κ2) is 4.82. The Kier molecular flexibility index (Phi) is 3.66. The second-order valence-electron chi connectivity index (χ2n) is 3.21. The number of halogens is 2. The van der Waals surface area contributed by atoms with Crippen LogP contribution in [0.4, 0.5) is 0 Å². The van der Waals surface area contributed by atoms with Gasteiger partial charge in [0.25, 0.3) is 0 Å². The van der Waals surface area contributed by atoms with Crippen LogP contribution in [0, 0.1) is 2.88 Å². The van der Waals surface area contributed by atoms with Crippen molar-refractivity contribution in [2.24, 2.45) is 5.73 Å². The molecule has 1 nitrogen and oxygen atoms in total. The lowest BCUT2D eigenvalue weighted by Crippen LogP contribution is -2.10. The van der Waals surface area contributed by atoms with Crippen molar-refractivity contribution in [1.29, 1.82) is 0 Å². The minimum atomic E-state index is -0.0537. The van der Waals surface area contributed by atoms with Crippen LogP contribution < -0.4 is 5.73 Å². The first kappa shape index (κ1) is 11.4. The topological polar surface area (TPSA) is 26.0 Å². The highest BCUT2D eigenvalue weighted by Crippen LogP contribution is 2.26. The van der Waals surface area contributed by atoms with Gasteiger partial charge < -0.3 is 5.73 Å². The summed E-state index contributed by atoms with van der Waals surface area (Å²) in [7, 11) is 0. The summed E-state index contributed by atoms with van der Waals surface area (Å²) >= 11 is 9.84.